The first kappa shape index (κ1) is 15.9. The quantitative estimate of drug-likeness (QED) is 0.654. The summed E-state index contributed by atoms with van der Waals surface area (Å²) in [4.78, 5) is 15.0. The van der Waals surface area contributed by atoms with Gasteiger partial charge in [-0.3, -0.25) is 0 Å². The maximum atomic E-state index is 11.8. The Bertz CT molecular complexity index is 847. The van der Waals surface area contributed by atoms with E-state index in [4.69, 9.17) is 0 Å². The number of aromatic amines is 1. The van der Waals surface area contributed by atoms with Crippen LogP contribution in [-0.2, 0) is 6.42 Å². The Labute approximate surface area is 141 Å². The third kappa shape index (κ3) is 4.04. The minimum Gasteiger partial charge on any atom is -0.361 e. The van der Waals surface area contributed by atoms with Crippen LogP contribution >= 0.6 is 0 Å². The van der Waals surface area contributed by atoms with Crippen molar-refractivity contribution < 1.29 is 4.79 Å². The van der Waals surface area contributed by atoms with Gasteiger partial charge in [0.2, 0.25) is 0 Å². The lowest BCUT2D eigenvalue weighted by Crippen LogP contribution is -2.33. The van der Waals surface area contributed by atoms with Crippen molar-refractivity contribution in [3.05, 3.63) is 77.6 Å². The Morgan fingerprint density at radius 2 is 1.92 bits per heavy atom. The summed E-state index contributed by atoms with van der Waals surface area (Å²) in [5, 5.41) is 6.80. The summed E-state index contributed by atoms with van der Waals surface area (Å²) < 4.78 is 0. The van der Waals surface area contributed by atoms with Crippen LogP contribution < -0.4 is 10.6 Å². The van der Waals surface area contributed by atoms with Crippen LogP contribution in [0.2, 0.25) is 0 Å². The number of fused-ring (bicyclic) bond motifs is 1. The lowest BCUT2D eigenvalue weighted by molar-refractivity contribution is 0.244. The summed E-state index contributed by atoms with van der Waals surface area (Å²) in [7, 11) is 0. The summed E-state index contributed by atoms with van der Waals surface area (Å²) in [6, 6.07) is 16.1. The summed E-state index contributed by atoms with van der Waals surface area (Å²) >= 11 is 0. The lowest BCUT2D eigenvalue weighted by atomic mass is 10.1. The number of nitrogens with one attached hydrogen (secondary N) is 3. The van der Waals surface area contributed by atoms with Crippen molar-refractivity contribution in [1.82, 2.24) is 15.6 Å². The highest BCUT2D eigenvalue weighted by atomic mass is 16.2. The molecule has 3 rings (SSSR count). The van der Waals surface area contributed by atoms with Gasteiger partial charge < -0.3 is 15.6 Å². The van der Waals surface area contributed by atoms with E-state index in [2.05, 4.69) is 27.8 Å². The average molecular weight is 319 g/mol. The summed E-state index contributed by atoms with van der Waals surface area (Å²) in [6.45, 7) is 2.64. The van der Waals surface area contributed by atoms with E-state index in [1.807, 2.05) is 55.6 Å². The Morgan fingerprint density at radius 3 is 2.75 bits per heavy atom. The van der Waals surface area contributed by atoms with E-state index >= 15 is 0 Å². The maximum absolute atomic E-state index is 11.8. The van der Waals surface area contributed by atoms with E-state index in [0.717, 1.165) is 17.5 Å². The van der Waals surface area contributed by atoms with Gasteiger partial charge in [0.05, 0.1) is 0 Å². The monoisotopic (exact) mass is 319 g/mol. The smallest absolute Gasteiger partial charge is 0.318 e. The first-order valence-electron chi connectivity index (χ1n) is 8.05. The molecule has 0 aliphatic heterocycles. The van der Waals surface area contributed by atoms with Gasteiger partial charge in [0.1, 0.15) is 0 Å². The SMILES string of the molecule is Cc1ccc(/C=C/NC(=O)NCCc2c[nH]c3ccccc23)cc1. The zero-order valence-corrected chi connectivity index (χ0v) is 13.7. The molecule has 2 amide bonds. The first-order valence-corrected chi connectivity index (χ1v) is 8.05. The molecule has 1 heterocycles. The molecule has 0 bridgehead atoms. The Morgan fingerprint density at radius 1 is 1.12 bits per heavy atom. The number of hydrogen-bond acceptors (Lipinski definition) is 1. The molecular formula is C20H21N3O. The van der Waals surface area contributed by atoms with E-state index in [1.165, 1.54) is 16.5 Å². The van der Waals surface area contributed by atoms with Crippen molar-refractivity contribution in [2.45, 2.75) is 13.3 Å². The third-order valence-corrected chi connectivity index (χ3v) is 3.92. The number of aromatic nitrogens is 1. The normalized spacial score (nSPS) is 11.0. The van der Waals surface area contributed by atoms with Gasteiger partial charge in [-0.2, -0.15) is 0 Å². The van der Waals surface area contributed by atoms with Gasteiger partial charge in [0, 0.05) is 29.8 Å². The van der Waals surface area contributed by atoms with Crippen molar-refractivity contribution in [2.24, 2.45) is 0 Å². The van der Waals surface area contributed by atoms with Crippen molar-refractivity contribution in [1.29, 1.82) is 0 Å². The number of carbonyl (C=O) groups excluding carboxylic acids is 1. The first-order chi connectivity index (χ1) is 11.7. The van der Waals surface area contributed by atoms with E-state index in [-0.39, 0.29) is 6.03 Å². The zero-order chi connectivity index (χ0) is 16.8. The van der Waals surface area contributed by atoms with Crippen LogP contribution in [0.3, 0.4) is 0 Å². The molecule has 122 valence electrons. The van der Waals surface area contributed by atoms with E-state index < -0.39 is 0 Å². The molecule has 0 aliphatic rings. The predicted octanol–water partition coefficient (Wildman–Crippen LogP) is 3.99. The van der Waals surface area contributed by atoms with Gasteiger partial charge in [-0.1, -0.05) is 48.0 Å². The minimum atomic E-state index is -0.196. The molecule has 0 atom stereocenters. The van der Waals surface area contributed by atoms with Crippen LogP contribution in [0, 0.1) is 6.92 Å². The molecular weight excluding hydrogens is 298 g/mol. The molecule has 0 spiro atoms. The molecule has 0 aliphatic carbocycles. The largest absolute Gasteiger partial charge is 0.361 e. The van der Waals surface area contributed by atoms with Gasteiger partial charge in [0.25, 0.3) is 0 Å². The molecule has 0 fully saturated rings. The molecule has 0 unspecified atom stereocenters. The number of benzene rings is 2. The topological polar surface area (TPSA) is 56.9 Å². The number of aryl methyl sites for hydroxylation is 1. The second kappa shape index (κ2) is 7.51. The number of rotatable bonds is 5. The average Bonchev–Trinajstić information content (AvgIpc) is 3.00. The van der Waals surface area contributed by atoms with Crippen molar-refractivity contribution in [2.75, 3.05) is 6.54 Å². The zero-order valence-electron chi connectivity index (χ0n) is 13.7. The fourth-order valence-electron chi connectivity index (χ4n) is 2.59. The van der Waals surface area contributed by atoms with Crippen LogP contribution in [-0.4, -0.2) is 17.6 Å². The number of amides is 2. The van der Waals surface area contributed by atoms with Crippen molar-refractivity contribution in [3.8, 4) is 0 Å². The molecule has 3 aromatic rings. The van der Waals surface area contributed by atoms with E-state index in [9.17, 15) is 4.79 Å². The second-order valence-electron chi connectivity index (χ2n) is 5.75. The van der Waals surface area contributed by atoms with Crippen LogP contribution in [0.5, 0.6) is 0 Å². The lowest BCUT2D eigenvalue weighted by Gasteiger charge is -2.04. The summed E-state index contributed by atoms with van der Waals surface area (Å²) in [5.41, 5.74) is 4.61. The Kier molecular flexibility index (Phi) is 4.96. The van der Waals surface area contributed by atoms with Crippen molar-refractivity contribution in [3.63, 3.8) is 0 Å². The second-order valence-corrected chi connectivity index (χ2v) is 5.75. The van der Waals surface area contributed by atoms with Gasteiger partial charge in [-0.15, -0.1) is 0 Å². The number of urea groups is 1. The van der Waals surface area contributed by atoms with Gasteiger partial charge in [-0.25, -0.2) is 4.79 Å². The molecule has 24 heavy (non-hydrogen) atoms. The highest BCUT2D eigenvalue weighted by molar-refractivity contribution is 5.83. The van der Waals surface area contributed by atoms with Crippen molar-refractivity contribution >= 4 is 23.0 Å². The molecule has 2 aromatic carbocycles. The molecule has 4 heteroatoms. The highest BCUT2D eigenvalue weighted by Crippen LogP contribution is 2.17. The number of H-pyrrole nitrogens is 1. The Balaban J connectivity index is 1.45. The Hall–Kier alpha value is -3.01. The van der Waals surface area contributed by atoms with Gasteiger partial charge in [0.15, 0.2) is 0 Å². The standard InChI is InChI=1S/C20H21N3O/c1-15-6-8-16(9-7-15)10-12-21-20(24)22-13-11-17-14-23-19-5-3-2-4-18(17)19/h2-10,12,14,23H,11,13H2,1H3,(H2,21,22,24)/b12-10+. The predicted molar refractivity (Wildman–Crippen MR) is 98.8 cm³/mol. The van der Waals surface area contributed by atoms with Crippen LogP contribution in [0.1, 0.15) is 16.7 Å². The third-order valence-electron chi connectivity index (χ3n) is 3.92. The van der Waals surface area contributed by atoms with Crippen LogP contribution in [0.15, 0.2) is 60.9 Å². The van der Waals surface area contributed by atoms with Crippen LogP contribution in [0.25, 0.3) is 17.0 Å². The fourth-order valence-corrected chi connectivity index (χ4v) is 2.59. The summed E-state index contributed by atoms with van der Waals surface area (Å²) in [6.07, 6.45) is 6.32. The molecule has 0 saturated carbocycles. The molecule has 3 N–H and O–H groups in total. The summed E-state index contributed by atoms with van der Waals surface area (Å²) in [5.74, 6) is 0. The van der Waals surface area contributed by atoms with E-state index in [1.54, 1.807) is 6.20 Å². The highest BCUT2D eigenvalue weighted by Gasteiger charge is 2.03. The molecule has 0 radical (unpaired) electrons. The van der Waals surface area contributed by atoms with E-state index in [0.29, 0.717) is 6.54 Å². The van der Waals surface area contributed by atoms with Gasteiger partial charge in [-0.05, 0) is 36.6 Å². The number of carbonyl (C=O) groups is 1. The number of para-hydroxylation sites is 1. The van der Waals surface area contributed by atoms with Gasteiger partial charge >= 0.3 is 6.03 Å². The van der Waals surface area contributed by atoms with Crippen LogP contribution in [0.4, 0.5) is 4.79 Å². The maximum Gasteiger partial charge on any atom is 0.318 e. The molecule has 1 aromatic heterocycles. The number of hydrogen-bond donors (Lipinski definition) is 3. The minimum absolute atomic E-state index is 0.196. The fraction of sp³-hybridized carbons (Fsp3) is 0.150. The molecule has 4 nitrogen and oxygen atoms in total. The molecule has 0 saturated heterocycles.